The number of hydrogen-bond donors (Lipinski definition) is 0. The molecule has 0 bridgehead atoms. The van der Waals surface area contributed by atoms with Gasteiger partial charge >= 0.3 is 0 Å². The van der Waals surface area contributed by atoms with Gasteiger partial charge in [0.15, 0.2) is 0 Å². The minimum Gasteiger partial charge on any atom is -0.457 e. The SMILES string of the molecule is C[Si]1(C)c2ccccc2-c2ccccc2[Si](C)(C)c2cc(Oc3ccc4c(c3)[Si](C)(C)c3ccccc3-c3ccccc3[Si]4(C)C)ccc21. The molecule has 0 spiro atoms. The van der Waals surface area contributed by atoms with Crippen molar-refractivity contribution in [3.63, 3.8) is 0 Å². The number of fused-ring (bicyclic) bond motifs is 8. The fourth-order valence-electron chi connectivity index (χ4n) is 9.07. The molecule has 2 heterocycles. The molecule has 6 aromatic rings. The van der Waals surface area contributed by atoms with Crippen LogP contribution in [0, 0.1) is 0 Å². The van der Waals surface area contributed by atoms with Gasteiger partial charge in [0.1, 0.15) is 43.8 Å². The van der Waals surface area contributed by atoms with E-state index in [0.29, 0.717) is 0 Å². The van der Waals surface area contributed by atoms with E-state index in [1.54, 1.807) is 10.4 Å². The Labute approximate surface area is 296 Å². The highest BCUT2D eigenvalue weighted by Crippen LogP contribution is 2.29. The van der Waals surface area contributed by atoms with Crippen molar-refractivity contribution in [1.29, 1.82) is 0 Å². The predicted molar refractivity (Wildman–Crippen MR) is 224 cm³/mol. The van der Waals surface area contributed by atoms with Gasteiger partial charge in [0, 0.05) is 0 Å². The topological polar surface area (TPSA) is 9.23 Å². The molecule has 244 valence electrons. The monoisotopic (exact) mass is 702 g/mol. The van der Waals surface area contributed by atoms with Gasteiger partial charge in [-0.05, 0) is 67.3 Å². The maximum absolute atomic E-state index is 6.97. The van der Waals surface area contributed by atoms with Crippen molar-refractivity contribution in [3.05, 3.63) is 133 Å². The molecular weight excluding hydrogens is 657 g/mol. The first kappa shape index (κ1) is 32.2. The average molecular weight is 703 g/mol. The summed E-state index contributed by atoms with van der Waals surface area (Å²) in [4.78, 5) is 0. The Hall–Kier alpha value is -4.01. The summed E-state index contributed by atoms with van der Waals surface area (Å²) in [5, 5.41) is 12.2. The lowest BCUT2D eigenvalue weighted by molar-refractivity contribution is 0.484. The van der Waals surface area contributed by atoms with Crippen molar-refractivity contribution < 1.29 is 4.74 Å². The third-order valence-electron chi connectivity index (χ3n) is 11.9. The van der Waals surface area contributed by atoms with Crippen LogP contribution in [-0.2, 0) is 0 Å². The molecule has 0 aromatic heterocycles. The second-order valence-corrected chi connectivity index (χ2v) is 33.5. The molecule has 2 aliphatic rings. The summed E-state index contributed by atoms with van der Waals surface area (Å²) in [5.41, 5.74) is 5.67. The first-order chi connectivity index (χ1) is 23.3. The number of benzene rings is 6. The highest BCUT2D eigenvalue weighted by molar-refractivity contribution is 7.11. The molecule has 0 radical (unpaired) electrons. The summed E-state index contributed by atoms with van der Waals surface area (Å²) in [6.07, 6.45) is 0. The summed E-state index contributed by atoms with van der Waals surface area (Å²) < 4.78 is 6.97. The first-order valence-corrected chi connectivity index (χ1v) is 29.7. The van der Waals surface area contributed by atoms with E-state index in [-0.39, 0.29) is 0 Å². The van der Waals surface area contributed by atoms with E-state index in [1.165, 1.54) is 53.4 Å². The van der Waals surface area contributed by atoms with E-state index in [1.807, 2.05) is 0 Å². The minimum atomic E-state index is -2.10. The second-order valence-electron chi connectivity index (χ2n) is 16.2. The van der Waals surface area contributed by atoms with Crippen LogP contribution in [0.1, 0.15) is 0 Å². The first-order valence-electron chi connectivity index (χ1n) is 17.7. The zero-order chi connectivity index (χ0) is 34.3. The van der Waals surface area contributed by atoms with Crippen molar-refractivity contribution in [2.45, 2.75) is 52.4 Å². The van der Waals surface area contributed by atoms with Crippen LogP contribution < -0.4 is 46.2 Å². The third kappa shape index (κ3) is 4.89. The fourth-order valence-corrected chi connectivity index (χ4v) is 24.6. The van der Waals surface area contributed by atoms with Crippen LogP contribution in [0.4, 0.5) is 0 Å². The summed E-state index contributed by atoms with van der Waals surface area (Å²) >= 11 is 0. The number of hydrogen-bond acceptors (Lipinski definition) is 1. The standard InChI is InChI=1S/C44H46OSi4/c1-46(2)37-21-13-9-17-33(37)35-19-11-15-23-39(35)48(5,6)43-29-31(25-27-41(43)46)45-32-26-28-42-44(30-32)49(7,8)40-24-16-12-20-36(40)34-18-10-14-22-38(34)47(42,3)4/h9-30H,1-8H3. The Kier molecular flexibility index (Phi) is 7.40. The molecule has 0 fully saturated rings. The van der Waals surface area contributed by atoms with E-state index < -0.39 is 32.3 Å². The summed E-state index contributed by atoms with van der Waals surface area (Å²) in [7, 11) is -8.26. The van der Waals surface area contributed by atoms with Crippen molar-refractivity contribution in [1.82, 2.24) is 0 Å². The van der Waals surface area contributed by atoms with Crippen LogP contribution in [0.15, 0.2) is 133 Å². The molecule has 8 rings (SSSR count). The zero-order valence-electron chi connectivity index (χ0n) is 30.1. The largest absolute Gasteiger partial charge is 0.457 e. The van der Waals surface area contributed by atoms with Crippen molar-refractivity contribution >= 4 is 73.8 Å². The molecular formula is C44H46OSi4. The molecule has 0 atom stereocenters. The van der Waals surface area contributed by atoms with Crippen LogP contribution in [0.25, 0.3) is 22.3 Å². The summed E-state index contributed by atoms with van der Waals surface area (Å²) in [5.74, 6) is 1.89. The maximum Gasteiger partial charge on any atom is 0.127 e. The predicted octanol–water partition coefficient (Wildman–Crippen LogP) is 6.73. The zero-order valence-corrected chi connectivity index (χ0v) is 34.1. The van der Waals surface area contributed by atoms with Gasteiger partial charge in [0.2, 0.25) is 0 Å². The molecule has 0 N–H and O–H groups in total. The van der Waals surface area contributed by atoms with Gasteiger partial charge in [-0.3, -0.25) is 0 Å². The lowest BCUT2D eigenvalue weighted by Gasteiger charge is -2.39. The van der Waals surface area contributed by atoms with E-state index in [0.717, 1.165) is 11.5 Å². The lowest BCUT2D eigenvalue weighted by atomic mass is 10.1. The van der Waals surface area contributed by atoms with Gasteiger partial charge in [-0.15, -0.1) is 0 Å². The van der Waals surface area contributed by atoms with Gasteiger partial charge in [-0.25, -0.2) is 0 Å². The average Bonchev–Trinajstić information content (AvgIpc) is 3.11. The summed E-state index contributed by atoms with van der Waals surface area (Å²) in [6.45, 7) is 20.3. The normalized spacial score (nSPS) is 17.2. The molecule has 0 unspecified atom stereocenters. The summed E-state index contributed by atoms with van der Waals surface area (Å²) in [6, 6.07) is 50.9. The molecule has 49 heavy (non-hydrogen) atoms. The van der Waals surface area contributed by atoms with E-state index in [9.17, 15) is 0 Å². The molecule has 1 nitrogen and oxygen atoms in total. The smallest absolute Gasteiger partial charge is 0.127 e. The Balaban J connectivity index is 1.28. The van der Waals surface area contributed by atoms with Crippen LogP contribution >= 0.6 is 0 Å². The van der Waals surface area contributed by atoms with Crippen LogP contribution in [0.5, 0.6) is 11.5 Å². The molecule has 6 aromatic carbocycles. The number of ether oxygens (including phenoxy) is 1. The Morgan fingerprint density at radius 3 is 0.857 bits per heavy atom. The Morgan fingerprint density at radius 1 is 0.286 bits per heavy atom. The van der Waals surface area contributed by atoms with Gasteiger partial charge in [-0.1, -0.05) is 182 Å². The molecule has 2 aliphatic heterocycles. The number of rotatable bonds is 2. The Bertz CT molecular complexity index is 2120. The highest BCUT2D eigenvalue weighted by Gasteiger charge is 2.42. The fraction of sp³-hybridized carbons (Fsp3) is 0.182. The van der Waals surface area contributed by atoms with Crippen molar-refractivity contribution in [2.24, 2.45) is 0 Å². The van der Waals surface area contributed by atoms with Crippen LogP contribution in [0.2, 0.25) is 52.4 Å². The van der Waals surface area contributed by atoms with Crippen molar-refractivity contribution in [3.8, 4) is 33.8 Å². The van der Waals surface area contributed by atoms with E-state index in [4.69, 9.17) is 4.74 Å². The second kappa shape index (κ2) is 11.3. The lowest BCUT2D eigenvalue weighted by Crippen LogP contribution is -2.69. The molecule has 5 heteroatoms. The van der Waals surface area contributed by atoms with Gasteiger partial charge in [0.25, 0.3) is 0 Å². The van der Waals surface area contributed by atoms with Crippen LogP contribution in [-0.4, -0.2) is 32.3 Å². The van der Waals surface area contributed by atoms with Crippen molar-refractivity contribution in [2.75, 3.05) is 0 Å². The molecule has 0 amide bonds. The molecule has 0 aliphatic carbocycles. The molecule has 0 saturated heterocycles. The quantitative estimate of drug-likeness (QED) is 0.182. The highest BCUT2D eigenvalue weighted by atomic mass is 28.3. The third-order valence-corrected chi connectivity index (χ3v) is 26.6. The van der Waals surface area contributed by atoms with E-state index >= 15 is 0 Å². The van der Waals surface area contributed by atoms with Gasteiger partial charge in [0.05, 0.1) is 0 Å². The maximum atomic E-state index is 6.97. The molecule has 0 saturated carbocycles. The van der Waals surface area contributed by atoms with Gasteiger partial charge in [-0.2, -0.15) is 0 Å². The minimum absolute atomic E-state index is 0.947. The van der Waals surface area contributed by atoms with Crippen LogP contribution in [0.3, 0.4) is 0 Å². The van der Waals surface area contributed by atoms with E-state index in [2.05, 4.69) is 186 Å². The Morgan fingerprint density at radius 2 is 0.551 bits per heavy atom. The van der Waals surface area contributed by atoms with Gasteiger partial charge < -0.3 is 4.74 Å².